The summed E-state index contributed by atoms with van der Waals surface area (Å²) >= 11 is 0. The van der Waals surface area contributed by atoms with Crippen molar-refractivity contribution in [1.82, 2.24) is 16.0 Å². The zero-order chi connectivity index (χ0) is 23.4. The monoisotopic (exact) mass is 430 g/mol. The maximum atomic E-state index is 12.4. The molecule has 0 bridgehead atoms. The zero-order valence-electron chi connectivity index (χ0n) is 16.9. The van der Waals surface area contributed by atoms with Gasteiger partial charge in [0.05, 0.1) is 12.5 Å². The second-order valence-electron chi connectivity index (χ2n) is 6.59. The summed E-state index contributed by atoms with van der Waals surface area (Å²) in [6.07, 6.45) is 0.00750. The number of carboxylic acid groups (broad SMARTS) is 1. The molecule has 0 radical (unpaired) electrons. The van der Waals surface area contributed by atoms with Gasteiger partial charge in [-0.05, 0) is 26.7 Å². The average Bonchev–Trinajstić information content (AvgIpc) is 2.62. The number of primary amides is 1. The van der Waals surface area contributed by atoms with Crippen molar-refractivity contribution in [1.29, 1.82) is 0 Å². The van der Waals surface area contributed by atoms with Crippen LogP contribution in [0.2, 0.25) is 0 Å². The molecule has 0 aliphatic heterocycles. The van der Waals surface area contributed by atoms with E-state index in [0.717, 1.165) is 0 Å². The number of guanidine groups is 1. The van der Waals surface area contributed by atoms with Crippen molar-refractivity contribution in [2.45, 2.75) is 57.3 Å². The largest absolute Gasteiger partial charge is 0.480 e. The SMILES string of the molecule is CC(NC(=O)C(CCCN=C(N)N)NC(=O)C(C)NC(=O)C(N)CC(N)=O)C(=O)O. The molecule has 0 spiro atoms. The highest BCUT2D eigenvalue weighted by Gasteiger charge is 2.27. The predicted molar refractivity (Wildman–Crippen MR) is 106 cm³/mol. The van der Waals surface area contributed by atoms with Crippen LogP contribution in [0.4, 0.5) is 0 Å². The van der Waals surface area contributed by atoms with Gasteiger partial charge in [0.1, 0.15) is 18.1 Å². The summed E-state index contributed by atoms with van der Waals surface area (Å²) in [5.41, 5.74) is 20.9. The van der Waals surface area contributed by atoms with E-state index in [1.807, 2.05) is 0 Å². The Kier molecular flexibility index (Phi) is 11.5. The maximum Gasteiger partial charge on any atom is 0.325 e. The number of nitrogens with zero attached hydrogens (tertiary/aromatic N) is 1. The van der Waals surface area contributed by atoms with Gasteiger partial charge in [0, 0.05) is 6.54 Å². The summed E-state index contributed by atoms with van der Waals surface area (Å²) in [6, 6.07) is -4.61. The number of carbonyl (C=O) groups is 5. The molecule has 0 saturated heterocycles. The van der Waals surface area contributed by atoms with Gasteiger partial charge in [0.15, 0.2) is 5.96 Å². The zero-order valence-corrected chi connectivity index (χ0v) is 16.9. The first-order valence-electron chi connectivity index (χ1n) is 9.08. The summed E-state index contributed by atoms with van der Waals surface area (Å²) in [6.45, 7) is 2.80. The van der Waals surface area contributed by atoms with Crippen molar-refractivity contribution in [3.8, 4) is 0 Å². The fourth-order valence-electron chi connectivity index (χ4n) is 2.14. The van der Waals surface area contributed by atoms with E-state index in [0.29, 0.717) is 6.42 Å². The number of hydrogen-bond acceptors (Lipinski definition) is 7. The molecule has 0 aromatic heterocycles. The first-order chi connectivity index (χ1) is 13.8. The van der Waals surface area contributed by atoms with E-state index in [-0.39, 0.29) is 18.9 Å². The van der Waals surface area contributed by atoms with Crippen LogP contribution in [0.15, 0.2) is 4.99 Å². The second-order valence-corrected chi connectivity index (χ2v) is 6.59. The molecule has 4 unspecified atom stereocenters. The fourth-order valence-corrected chi connectivity index (χ4v) is 2.14. The molecular formula is C16H30N8O6. The lowest BCUT2D eigenvalue weighted by atomic mass is 10.1. The smallest absolute Gasteiger partial charge is 0.325 e. The molecule has 12 N–H and O–H groups in total. The number of aliphatic imine (C=N–C) groups is 1. The summed E-state index contributed by atoms with van der Waals surface area (Å²) in [5.74, 6) is -4.39. The number of hydrogen-bond donors (Lipinski definition) is 8. The van der Waals surface area contributed by atoms with Gasteiger partial charge in [-0.2, -0.15) is 0 Å². The third-order valence-electron chi connectivity index (χ3n) is 3.82. The third-order valence-corrected chi connectivity index (χ3v) is 3.82. The number of amides is 4. The molecule has 0 aliphatic rings. The molecular weight excluding hydrogens is 400 g/mol. The average molecular weight is 430 g/mol. The molecule has 170 valence electrons. The third kappa shape index (κ3) is 10.8. The van der Waals surface area contributed by atoms with E-state index >= 15 is 0 Å². The van der Waals surface area contributed by atoms with Gasteiger partial charge < -0.3 is 44.0 Å². The lowest BCUT2D eigenvalue weighted by molar-refractivity contribution is -0.141. The minimum absolute atomic E-state index is 0.0998. The molecule has 0 rings (SSSR count). The van der Waals surface area contributed by atoms with Crippen molar-refractivity contribution >= 4 is 35.6 Å². The first-order valence-corrected chi connectivity index (χ1v) is 9.08. The van der Waals surface area contributed by atoms with Crippen molar-refractivity contribution < 1.29 is 29.1 Å². The number of nitrogens with one attached hydrogen (secondary N) is 3. The van der Waals surface area contributed by atoms with Crippen molar-refractivity contribution in [2.75, 3.05) is 6.54 Å². The number of rotatable bonds is 13. The number of carbonyl (C=O) groups excluding carboxylic acids is 4. The summed E-state index contributed by atoms with van der Waals surface area (Å²) in [5, 5.41) is 15.9. The highest BCUT2D eigenvalue weighted by atomic mass is 16.4. The Morgan fingerprint density at radius 1 is 0.900 bits per heavy atom. The van der Waals surface area contributed by atoms with Crippen molar-refractivity contribution in [2.24, 2.45) is 27.9 Å². The van der Waals surface area contributed by atoms with E-state index < -0.39 is 60.2 Å². The van der Waals surface area contributed by atoms with Gasteiger partial charge in [-0.1, -0.05) is 0 Å². The number of aliphatic carboxylic acids is 1. The molecule has 4 amide bonds. The fraction of sp³-hybridized carbons (Fsp3) is 0.625. The van der Waals surface area contributed by atoms with Crippen molar-refractivity contribution in [3.05, 3.63) is 0 Å². The lowest BCUT2D eigenvalue weighted by Crippen LogP contribution is -2.56. The molecule has 14 nitrogen and oxygen atoms in total. The van der Waals surface area contributed by atoms with E-state index in [4.69, 9.17) is 28.0 Å². The van der Waals surface area contributed by atoms with Crippen molar-refractivity contribution in [3.63, 3.8) is 0 Å². The van der Waals surface area contributed by atoms with Crippen LogP contribution in [0.3, 0.4) is 0 Å². The van der Waals surface area contributed by atoms with Gasteiger partial charge in [0.25, 0.3) is 0 Å². The van der Waals surface area contributed by atoms with E-state index in [1.54, 1.807) is 0 Å². The predicted octanol–water partition coefficient (Wildman–Crippen LogP) is -4.18. The van der Waals surface area contributed by atoms with Crippen LogP contribution < -0.4 is 38.9 Å². The van der Waals surface area contributed by atoms with Crippen LogP contribution >= 0.6 is 0 Å². The van der Waals surface area contributed by atoms with E-state index in [2.05, 4.69) is 20.9 Å². The Hall–Kier alpha value is -3.42. The molecule has 30 heavy (non-hydrogen) atoms. The van der Waals surface area contributed by atoms with Crippen LogP contribution in [-0.2, 0) is 24.0 Å². The molecule has 14 heteroatoms. The quantitative estimate of drug-likeness (QED) is 0.0799. The Morgan fingerprint density at radius 2 is 1.47 bits per heavy atom. The molecule has 0 saturated carbocycles. The number of carboxylic acids is 1. The summed E-state index contributed by atoms with van der Waals surface area (Å²) in [4.78, 5) is 62.2. The van der Waals surface area contributed by atoms with Crippen LogP contribution in [-0.4, -0.2) is 71.4 Å². The Bertz CT molecular complexity index is 679. The minimum Gasteiger partial charge on any atom is -0.480 e. The Morgan fingerprint density at radius 3 is 1.97 bits per heavy atom. The van der Waals surface area contributed by atoms with Gasteiger partial charge in [0.2, 0.25) is 23.6 Å². The van der Waals surface area contributed by atoms with E-state index in [1.165, 1.54) is 13.8 Å². The van der Waals surface area contributed by atoms with Gasteiger partial charge >= 0.3 is 5.97 Å². The Labute approximate surface area is 173 Å². The summed E-state index contributed by atoms with van der Waals surface area (Å²) < 4.78 is 0. The van der Waals surface area contributed by atoms with Crippen LogP contribution in [0.5, 0.6) is 0 Å². The lowest BCUT2D eigenvalue weighted by Gasteiger charge is -2.22. The molecule has 0 aliphatic carbocycles. The molecule has 0 heterocycles. The minimum atomic E-state index is -1.25. The maximum absolute atomic E-state index is 12.4. The molecule has 0 aromatic carbocycles. The standard InChI is InChI=1S/C16H30N8O6/c1-7(22-13(27)9(17)6-11(18)25)12(26)24-10(4-3-5-21-16(19)20)14(28)23-8(2)15(29)30/h7-10H,3-6,17H2,1-2H3,(H2,18,25)(H,22,27)(H,23,28)(H,24,26)(H,29,30)(H4,19,20,21). The van der Waals surface area contributed by atoms with Crippen LogP contribution in [0.25, 0.3) is 0 Å². The molecule has 0 fully saturated rings. The number of nitrogens with two attached hydrogens (primary N) is 4. The molecule has 0 aromatic rings. The first kappa shape index (κ1) is 26.6. The van der Waals surface area contributed by atoms with Gasteiger partial charge in [-0.3, -0.25) is 29.0 Å². The van der Waals surface area contributed by atoms with Crippen LogP contribution in [0.1, 0.15) is 33.1 Å². The highest BCUT2D eigenvalue weighted by molar-refractivity contribution is 5.94. The normalized spacial score (nSPS) is 14.4. The topological polar surface area (TPSA) is 258 Å². The van der Waals surface area contributed by atoms with E-state index in [9.17, 15) is 24.0 Å². The molecule has 4 atom stereocenters. The van der Waals surface area contributed by atoms with Gasteiger partial charge in [-0.15, -0.1) is 0 Å². The highest BCUT2D eigenvalue weighted by Crippen LogP contribution is 2.01. The summed E-state index contributed by atoms with van der Waals surface area (Å²) in [7, 11) is 0. The Balaban J connectivity index is 5.03. The van der Waals surface area contributed by atoms with Gasteiger partial charge in [-0.25, -0.2) is 0 Å². The second kappa shape index (κ2) is 12.9. The van der Waals surface area contributed by atoms with Crippen LogP contribution in [0, 0.1) is 0 Å².